The standard InChI is InChI=1S/C12H18.C4H10.C2H6/c1-4-10(3)12-9-7-6-8-11(12)5-2;1-3-4-2;1-2/h4-5,10H,1-2,6-9H2,3H3;3-4H2,1-2H3;1-2H3. The summed E-state index contributed by atoms with van der Waals surface area (Å²) in [6.07, 6.45) is 11.8. The molecule has 1 unspecified atom stereocenters. The van der Waals surface area contributed by atoms with Gasteiger partial charge in [0.15, 0.2) is 0 Å². The van der Waals surface area contributed by atoms with E-state index >= 15 is 0 Å². The Labute approximate surface area is 116 Å². The Bertz CT molecular complexity index is 230. The van der Waals surface area contributed by atoms with E-state index in [9.17, 15) is 0 Å². The maximum atomic E-state index is 3.86. The molecule has 18 heavy (non-hydrogen) atoms. The van der Waals surface area contributed by atoms with E-state index in [0.29, 0.717) is 5.92 Å². The third kappa shape index (κ3) is 8.33. The molecule has 0 aromatic rings. The van der Waals surface area contributed by atoms with Gasteiger partial charge in [-0.25, -0.2) is 0 Å². The first kappa shape index (κ1) is 19.6. The van der Waals surface area contributed by atoms with Crippen LogP contribution in [0.2, 0.25) is 0 Å². The molecule has 0 amide bonds. The number of hydrogen-bond donors (Lipinski definition) is 0. The maximum absolute atomic E-state index is 3.86. The van der Waals surface area contributed by atoms with Crippen molar-refractivity contribution in [1.82, 2.24) is 0 Å². The molecule has 0 heterocycles. The Morgan fingerprint density at radius 2 is 1.56 bits per heavy atom. The number of hydrogen-bond acceptors (Lipinski definition) is 0. The second-order valence-electron chi connectivity index (χ2n) is 4.49. The SMILES string of the molecule is C=CC1=C(C(C)C=C)CCCC1.CC.CCCC. The van der Waals surface area contributed by atoms with E-state index < -0.39 is 0 Å². The van der Waals surface area contributed by atoms with Gasteiger partial charge in [-0.2, -0.15) is 0 Å². The lowest BCUT2D eigenvalue weighted by molar-refractivity contribution is 0.631. The van der Waals surface area contributed by atoms with E-state index in [1.54, 1.807) is 5.57 Å². The second kappa shape index (κ2) is 14.3. The average molecular weight is 250 g/mol. The quantitative estimate of drug-likeness (QED) is 0.487. The monoisotopic (exact) mass is 250 g/mol. The van der Waals surface area contributed by atoms with Crippen molar-refractivity contribution in [2.45, 2.75) is 73.1 Å². The van der Waals surface area contributed by atoms with Crippen LogP contribution in [-0.2, 0) is 0 Å². The molecule has 0 heteroatoms. The minimum absolute atomic E-state index is 0.540. The average Bonchev–Trinajstić information content (AvgIpc) is 2.48. The molecule has 0 saturated heterocycles. The smallest absolute Gasteiger partial charge is 0.00485 e. The van der Waals surface area contributed by atoms with Gasteiger partial charge in [0.2, 0.25) is 0 Å². The van der Waals surface area contributed by atoms with Gasteiger partial charge in [0.1, 0.15) is 0 Å². The third-order valence-electron chi connectivity index (χ3n) is 3.20. The summed E-state index contributed by atoms with van der Waals surface area (Å²) in [7, 11) is 0. The topological polar surface area (TPSA) is 0 Å². The Balaban J connectivity index is 0. The first-order chi connectivity index (χ1) is 8.71. The molecule has 0 saturated carbocycles. The summed E-state index contributed by atoms with van der Waals surface area (Å²) in [5.41, 5.74) is 3.03. The number of rotatable bonds is 4. The summed E-state index contributed by atoms with van der Waals surface area (Å²) in [5, 5.41) is 0. The van der Waals surface area contributed by atoms with Crippen molar-refractivity contribution in [3.8, 4) is 0 Å². The van der Waals surface area contributed by atoms with Gasteiger partial charge in [-0.15, -0.1) is 6.58 Å². The van der Waals surface area contributed by atoms with Crippen LogP contribution in [0.5, 0.6) is 0 Å². The fourth-order valence-corrected chi connectivity index (χ4v) is 1.85. The molecule has 1 atom stereocenters. The summed E-state index contributed by atoms with van der Waals surface area (Å²) >= 11 is 0. The third-order valence-corrected chi connectivity index (χ3v) is 3.20. The first-order valence-corrected chi connectivity index (χ1v) is 7.68. The molecule has 0 radical (unpaired) electrons. The lowest BCUT2D eigenvalue weighted by Crippen LogP contribution is -2.04. The van der Waals surface area contributed by atoms with Crippen molar-refractivity contribution in [1.29, 1.82) is 0 Å². The highest BCUT2D eigenvalue weighted by Gasteiger charge is 2.13. The van der Waals surface area contributed by atoms with Gasteiger partial charge in [-0.1, -0.05) is 71.8 Å². The predicted molar refractivity (Wildman–Crippen MR) is 87.0 cm³/mol. The summed E-state index contributed by atoms with van der Waals surface area (Å²) in [4.78, 5) is 0. The molecule has 1 aliphatic carbocycles. The first-order valence-electron chi connectivity index (χ1n) is 7.68. The van der Waals surface area contributed by atoms with Crippen LogP contribution in [-0.4, -0.2) is 0 Å². The molecule has 0 aromatic carbocycles. The lowest BCUT2D eigenvalue weighted by Gasteiger charge is -2.21. The molecule has 0 fully saturated rings. The highest BCUT2D eigenvalue weighted by Crippen LogP contribution is 2.30. The molecule has 1 rings (SSSR count). The summed E-state index contributed by atoms with van der Waals surface area (Å²) < 4.78 is 0. The summed E-state index contributed by atoms with van der Waals surface area (Å²) in [6, 6.07) is 0. The molecule has 0 N–H and O–H groups in total. The Morgan fingerprint density at radius 3 is 1.94 bits per heavy atom. The van der Waals surface area contributed by atoms with Crippen molar-refractivity contribution >= 4 is 0 Å². The van der Waals surface area contributed by atoms with Gasteiger partial charge in [-0.3, -0.25) is 0 Å². The highest BCUT2D eigenvalue weighted by atomic mass is 14.2. The minimum Gasteiger partial charge on any atom is -0.102 e. The van der Waals surface area contributed by atoms with E-state index in [-0.39, 0.29) is 0 Å². The van der Waals surface area contributed by atoms with Gasteiger partial charge < -0.3 is 0 Å². The lowest BCUT2D eigenvalue weighted by atomic mass is 9.85. The van der Waals surface area contributed by atoms with Crippen molar-refractivity contribution in [2.24, 2.45) is 5.92 Å². The van der Waals surface area contributed by atoms with Crippen LogP contribution in [0, 0.1) is 5.92 Å². The number of allylic oxidation sites excluding steroid dienone is 4. The van der Waals surface area contributed by atoms with E-state index in [2.05, 4.69) is 33.9 Å². The normalized spacial score (nSPS) is 15.6. The van der Waals surface area contributed by atoms with Crippen molar-refractivity contribution in [2.75, 3.05) is 0 Å². The second-order valence-corrected chi connectivity index (χ2v) is 4.49. The molecule has 0 spiro atoms. The van der Waals surface area contributed by atoms with Crippen LogP contribution >= 0.6 is 0 Å². The van der Waals surface area contributed by atoms with E-state index in [0.717, 1.165) is 0 Å². The molecule has 0 aromatic heterocycles. The van der Waals surface area contributed by atoms with Crippen LogP contribution in [0.1, 0.15) is 73.1 Å². The molecule has 106 valence electrons. The molecule has 0 bridgehead atoms. The van der Waals surface area contributed by atoms with Gasteiger partial charge in [-0.05, 0) is 37.2 Å². The van der Waals surface area contributed by atoms with Gasteiger partial charge in [0.25, 0.3) is 0 Å². The van der Waals surface area contributed by atoms with Crippen LogP contribution in [0.15, 0.2) is 36.5 Å². The maximum Gasteiger partial charge on any atom is -0.00485 e. The van der Waals surface area contributed by atoms with E-state index in [1.807, 2.05) is 26.0 Å². The van der Waals surface area contributed by atoms with Crippen molar-refractivity contribution < 1.29 is 0 Å². The van der Waals surface area contributed by atoms with Gasteiger partial charge in [0.05, 0.1) is 0 Å². The molecular formula is C18H34. The van der Waals surface area contributed by atoms with Crippen molar-refractivity contribution in [3.05, 3.63) is 36.5 Å². The Kier molecular flexibility index (Phi) is 15.5. The highest BCUT2D eigenvalue weighted by molar-refractivity contribution is 5.29. The van der Waals surface area contributed by atoms with Crippen LogP contribution < -0.4 is 0 Å². The zero-order valence-electron chi connectivity index (χ0n) is 13.4. The fraction of sp³-hybridized carbons (Fsp3) is 0.667. The molecule has 0 aliphatic heterocycles. The number of unbranched alkanes of at least 4 members (excludes halogenated alkanes) is 1. The molecular weight excluding hydrogens is 216 g/mol. The zero-order valence-corrected chi connectivity index (χ0v) is 13.4. The largest absolute Gasteiger partial charge is 0.102 e. The summed E-state index contributed by atoms with van der Waals surface area (Å²) in [6.45, 7) is 18.3. The Hall–Kier alpha value is -0.780. The van der Waals surface area contributed by atoms with Crippen molar-refractivity contribution in [3.63, 3.8) is 0 Å². The molecule has 0 nitrogen and oxygen atoms in total. The van der Waals surface area contributed by atoms with Gasteiger partial charge >= 0.3 is 0 Å². The van der Waals surface area contributed by atoms with Crippen LogP contribution in [0.25, 0.3) is 0 Å². The van der Waals surface area contributed by atoms with Crippen LogP contribution in [0.3, 0.4) is 0 Å². The zero-order chi connectivity index (χ0) is 14.4. The Morgan fingerprint density at radius 1 is 1.06 bits per heavy atom. The molecule has 1 aliphatic rings. The van der Waals surface area contributed by atoms with Crippen LogP contribution in [0.4, 0.5) is 0 Å². The predicted octanol–water partition coefficient (Wildman–Crippen LogP) is 6.70. The van der Waals surface area contributed by atoms with E-state index in [1.165, 1.54) is 44.1 Å². The fourth-order valence-electron chi connectivity index (χ4n) is 1.85. The van der Waals surface area contributed by atoms with Gasteiger partial charge in [0, 0.05) is 0 Å². The summed E-state index contributed by atoms with van der Waals surface area (Å²) in [5.74, 6) is 0.540. The minimum atomic E-state index is 0.540. The van der Waals surface area contributed by atoms with E-state index in [4.69, 9.17) is 0 Å².